The number of aromatic nitrogens is 4. The first-order chi connectivity index (χ1) is 9.02. The maximum absolute atomic E-state index is 13.9. The van der Waals surface area contributed by atoms with E-state index in [0.717, 1.165) is 17.0 Å². The third kappa shape index (κ3) is 3.37. The molecule has 0 amide bonds. The average Bonchev–Trinajstić information content (AvgIpc) is 2.82. The van der Waals surface area contributed by atoms with Crippen LogP contribution in [0.25, 0.3) is 0 Å². The van der Waals surface area contributed by atoms with Crippen LogP contribution in [0.4, 0.5) is 4.39 Å². The molecule has 0 spiro atoms. The Balaban J connectivity index is 0.00000200. The van der Waals surface area contributed by atoms with Crippen LogP contribution >= 0.6 is 12.4 Å². The molecule has 1 N–H and O–H groups in total. The monoisotopic (exact) mass is 301 g/mol. The van der Waals surface area contributed by atoms with Crippen LogP contribution in [-0.2, 0) is 26.7 Å². The van der Waals surface area contributed by atoms with Crippen LogP contribution in [0.1, 0.15) is 29.4 Å². The molecule has 2 heterocycles. The van der Waals surface area contributed by atoms with Gasteiger partial charge in [0.25, 0.3) is 0 Å². The number of halogens is 2. The maximum atomic E-state index is 13.9. The predicted octanol–water partition coefficient (Wildman–Crippen LogP) is 2.10. The fraction of sp³-hybridized carbons (Fsp3) is 0.538. The van der Waals surface area contributed by atoms with Crippen LogP contribution in [-0.4, -0.2) is 19.6 Å². The van der Waals surface area contributed by atoms with E-state index in [1.54, 1.807) is 4.68 Å². The Morgan fingerprint density at radius 1 is 1.20 bits per heavy atom. The van der Waals surface area contributed by atoms with Gasteiger partial charge in [0.1, 0.15) is 0 Å². The van der Waals surface area contributed by atoms with Gasteiger partial charge in [-0.25, -0.2) is 4.68 Å². The van der Waals surface area contributed by atoms with Gasteiger partial charge < -0.3 is 5.32 Å². The third-order valence-corrected chi connectivity index (χ3v) is 3.21. The Morgan fingerprint density at radius 2 is 1.90 bits per heavy atom. The molecule has 112 valence electrons. The van der Waals surface area contributed by atoms with Gasteiger partial charge >= 0.3 is 0 Å². The summed E-state index contributed by atoms with van der Waals surface area (Å²) in [5.74, 6) is -0.240. The molecule has 0 aliphatic heterocycles. The number of aryl methyl sites for hydroxylation is 4. The summed E-state index contributed by atoms with van der Waals surface area (Å²) < 4.78 is 17.1. The van der Waals surface area contributed by atoms with Gasteiger partial charge in [0.15, 0.2) is 0 Å². The highest BCUT2D eigenvalue weighted by Gasteiger charge is 2.13. The molecular formula is C13H21ClFN5. The normalized spacial score (nSPS) is 10.7. The minimum atomic E-state index is -0.240. The molecular weight excluding hydrogens is 281 g/mol. The SMILES string of the molecule is CCn1nc(C)c(CNCc2cn(C)nc2C)c1F.Cl. The number of rotatable bonds is 5. The first kappa shape index (κ1) is 16.7. The zero-order chi connectivity index (χ0) is 14.0. The second-order valence-corrected chi connectivity index (χ2v) is 4.69. The molecule has 5 nitrogen and oxygen atoms in total. The Kier molecular flexibility index (Phi) is 5.71. The van der Waals surface area contributed by atoms with E-state index in [9.17, 15) is 4.39 Å². The number of hydrogen-bond donors (Lipinski definition) is 1. The highest BCUT2D eigenvalue weighted by molar-refractivity contribution is 5.85. The van der Waals surface area contributed by atoms with Crippen molar-refractivity contribution < 1.29 is 4.39 Å². The molecule has 0 radical (unpaired) electrons. The molecule has 2 aromatic heterocycles. The van der Waals surface area contributed by atoms with Crippen molar-refractivity contribution in [3.63, 3.8) is 0 Å². The van der Waals surface area contributed by atoms with Crippen LogP contribution in [0.5, 0.6) is 0 Å². The summed E-state index contributed by atoms with van der Waals surface area (Å²) in [6, 6.07) is 0. The largest absolute Gasteiger partial charge is 0.308 e. The van der Waals surface area contributed by atoms with E-state index in [0.29, 0.717) is 25.2 Å². The zero-order valence-electron chi connectivity index (χ0n) is 12.3. The van der Waals surface area contributed by atoms with E-state index >= 15 is 0 Å². The lowest BCUT2D eigenvalue weighted by Gasteiger charge is -2.03. The van der Waals surface area contributed by atoms with Crippen molar-refractivity contribution in [2.75, 3.05) is 0 Å². The van der Waals surface area contributed by atoms with Crippen LogP contribution in [0.2, 0.25) is 0 Å². The fourth-order valence-electron chi connectivity index (χ4n) is 2.15. The van der Waals surface area contributed by atoms with Gasteiger partial charge in [-0.2, -0.15) is 14.6 Å². The summed E-state index contributed by atoms with van der Waals surface area (Å²) in [6.07, 6.45) is 1.97. The van der Waals surface area contributed by atoms with E-state index in [-0.39, 0.29) is 18.4 Å². The van der Waals surface area contributed by atoms with E-state index in [2.05, 4.69) is 15.5 Å². The smallest absolute Gasteiger partial charge is 0.216 e. The molecule has 0 atom stereocenters. The van der Waals surface area contributed by atoms with Crippen LogP contribution in [0.15, 0.2) is 6.20 Å². The minimum Gasteiger partial charge on any atom is -0.308 e. The quantitative estimate of drug-likeness (QED) is 0.920. The number of hydrogen-bond acceptors (Lipinski definition) is 3. The minimum absolute atomic E-state index is 0. The van der Waals surface area contributed by atoms with E-state index < -0.39 is 0 Å². The Morgan fingerprint density at radius 3 is 2.40 bits per heavy atom. The van der Waals surface area contributed by atoms with E-state index in [1.165, 1.54) is 4.68 Å². The summed E-state index contributed by atoms with van der Waals surface area (Å²) in [4.78, 5) is 0. The Labute approximate surface area is 124 Å². The molecule has 2 rings (SSSR count). The van der Waals surface area contributed by atoms with E-state index in [1.807, 2.05) is 34.0 Å². The van der Waals surface area contributed by atoms with Crippen molar-refractivity contribution in [1.82, 2.24) is 24.9 Å². The molecule has 7 heteroatoms. The molecule has 20 heavy (non-hydrogen) atoms. The van der Waals surface area contributed by atoms with Crippen molar-refractivity contribution in [3.05, 3.63) is 34.7 Å². The van der Waals surface area contributed by atoms with Crippen molar-refractivity contribution in [2.45, 2.75) is 40.4 Å². The van der Waals surface area contributed by atoms with Gasteiger partial charge in [-0.1, -0.05) is 0 Å². The molecule has 0 fully saturated rings. The van der Waals surface area contributed by atoms with Crippen LogP contribution < -0.4 is 5.32 Å². The molecule has 2 aromatic rings. The van der Waals surface area contributed by atoms with Gasteiger partial charge in [-0.3, -0.25) is 4.68 Å². The summed E-state index contributed by atoms with van der Waals surface area (Å²) in [7, 11) is 1.89. The van der Waals surface area contributed by atoms with Gasteiger partial charge in [-0.05, 0) is 20.8 Å². The number of nitrogens with one attached hydrogen (secondary N) is 1. The summed E-state index contributed by atoms with van der Waals surface area (Å²) in [5.41, 5.74) is 3.51. The molecule has 0 aliphatic rings. The molecule has 0 aromatic carbocycles. The highest BCUT2D eigenvalue weighted by atomic mass is 35.5. The van der Waals surface area contributed by atoms with Gasteiger partial charge in [0.2, 0.25) is 5.95 Å². The maximum Gasteiger partial charge on any atom is 0.216 e. The second-order valence-electron chi connectivity index (χ2n) is 4.69. The summed E-state index contributed by atoms with van der Waals surface area (Å²) >= 11 is 0. The molecule has 0 saturated carbocycles. The lowest BCUT2D eigenvalue weighted by atomic mass is 10.2. The summed E-state index contributed by atoms with van der Waals surface area (Å²) in [5, 5.41) is 11.7. The average molecular weight is 302 g/mol. The predicted molar refractivity (Wildman–Crippen MR) is 78.3 cm³/mol. The molecule has 0 bridgehead atoms. The van der Waals surface area contributed by atoms with Gasteiger partial charge in [-0.15, -0.1) is 12.4 Å². The van der Waals surface area contributed by atoms with Crippen molar-refractivity contribution in [2.24, 2.45) is 7.05 Å². The topological polar surface area (TPSA) is 47.7 Å². The van der Waals surface area contributed by atoms with Gasteiger partial charge in [0.05, 0.1) is 11.4 Å². The van der Waals surface area contributed by atoms with Crippen LogP contribution in [0, 0.1) is 19.8 Å². The molecule has 0 aliphatic carbocycles. The second kappa shape index (κ2) is 6.85. The third-order valence-electron chi connectivity index (χ3n) is 3.21. The number of nitrogens with zero attached hydrogens (tertiary/aromatic N) is 4. The molecule has 0 unspecified atom stereocenters. The van der Waals surface area contributed by atoms with Crippen molar-refractivity contribution in [3.8, 4) is 0 Å². The first-order valence-electron chi connectivity index (χ1n) is 6.44. The van der Waals surface area contributed by atoms with Crippen molar-refractivity contribution >= 4 is 12.4 Å². The van der Waals surface area contributed by atoms with E-state index in [4.69, 9.17) is 0 Å². The lowest BCUT2D eigenvalue weighted by Crippen LogP contribution is -2.14. The molecule has 0 saturated heterocycles. The Bertz CT molecular complexity index is 576. The zero-order valence-corrected chi connectivity index (χ0v) is 13.1. The lowest BCUT2D eigenvalue weighted by molar-refractivity contribution is 0.460. The van der Waals surface area contributed by atoms with Gasteiger partial charge in [0, 0.05) is 44.0 Å². The Hall–Kier alpha value is -1.40. The first-order valence-corrected chi connectivity index (χ1v) is 6.44. The standard InChI is InChI=1S/C13H20FN5.ClH/c1-5-19-13(14)12(10(3)17-19)7-15-6-11-8-18(4)16-9(11)2;/h8,15H,5-7H2,1-4H3;1H. The van der Waals surface area contributed by atoms with Crippen LogP contribution in [0.3, 0.4) is 0 Å². The van der Waals surface area contributed by atoms with Crippen molar-refractivity contribution in [1.29, 1.82) is 0 Å². The highest BCUT2D eigenvalue weighted by Crippen LogP contribution is 2.12. The summed E-state index contributed by atoms with van der Waals surface area (Å²) in [6.45, 7) is 7.39. The fourth-order valence-corrected chi connectivity index (χ4v) is 2.15.